The molecule has 1 unspecified atom stereocenters. The SMILES string of the molecule is CC1NC(=O)CN(c2ccc(Cl)cc2I)C1=O. The van der Waals surface area contributed by atoms with Gasteiger partial charge in [-0.1, -0.05) is 11.6 Å². The quantitative estimate of drug-likeness (QED) is 0.773. The summed E-state index contributed by atoms with van der Waals surface area (Å²) in [5.74, 6) is -0.257. The summed E-state index contributed by atoms with van der Waals surface area (Å²) >= 11 is 7.96. The van der Waals surface area contributed by atoms with E-state index in [1.54, 1.807) is 25.1 Å². The summed E-state index contributed by atoms with van der Waals surface area (Å²) in [5, 5.41) is 3.21. The second-order valence-electron chi connectivity index (χ2n) is 3.81. The Morgan fingerprint density at radius 1 is 1.47 bits per heavy atom. The van der Waals surface area contributed by atoms with Crippen LogP contribution in [0.1, 0.15) is 6.92 Å². The fourth-order valence-corrected chi connectivity index (χ4v) is 2.87. The molecule has 0 saturated carbocycles. The van der Waals surface area contributed by atoms with Gasteiger partial charge in [-0.3, -0.25) is 9.59 Å². The average molecular weight is 365 g/mol. The molecule has 0 spiro atoms. The largest absolute Gasteiger partial charge is 0.343 e. The molecule has 1 N–H and O–H groups in total. The molecule has 1 atom stereocenters. The Kier molecular flexibility index (Phi) is 3.58. The summed E-state index contributed by atoms with van der Waals surface area (Å²) < 4.78 is 0.852. The maximum absolute atomic E-state index is 12.0. The maximum Gasteiger partial charge on any atom is 0.249 e. The van der Waals surface area contributed by atoms with Crippen LogP contribution in [0, 0.1) is 3.57 Å². The molecule has 1 saturated heterocycles. The molecule has 1 heterocycles. The van der Waals surface area contributed by atoms with E-state index in [-0.39, 0.29) is 18.4 Å². The first-order chi connectivity index (χ1) is 7.99. The van der Waals surface area contributed by atoms with Crippen LogP contribution < -0.4 is 10.2 Å². The number of carbonyl (C=O) groups excluding carboxylic acids is 2. The number of amides is 2. The number of anilines is 1. The maximum atomic E-state index is 12.0. The highest BCUT2D eigenvalue weighted by molar-refractivity contribution is 14.1. The first kappa shape index (κ1) is 12.6. The van der Waals surface area contributed by atoms with Gasteiger partial charge in [-0.15, -0.1) is 0 Å². The van der Waals surface area contributed by atoms with Crippen molar-refractivity contribution in [3.63, 3.8) is 0 Å². The normalized spacial score (nSPS) is 20.4. The fourth-order valence-electron chi connectivity index (χ4n) is 1.71. The summed E-state index contributed by atoms with van der Waals surface area (Å²) in [6.45, 7) is 1.73. The molecular formula is C11H10ClIN2O2. The first-order valence-electron chi connectivity index (χ1n) is 5.05. The van der Waals surface area contributed by atoms with Crippen molar-refractivity contribution < 1.29 is 9.59 Å². The van der Waals surface area contributed by atoms with Gasteiger partial charge in [0, 0.05) is 8.59 Å². The molecule has 0 radical (unpaired) electrons. The number of rotatable bonds is 1. The van der Waals surface area contributed by atoms with Crippen molar-refractivity contribution in [2.24, 2.45) is 0 Å². The Morgan fingerprint density at radius 3 is 2.82 bits per heavy atom. The van der Waals surface area contributed by atoms with Crippen LogP contribution in [0.15, 0.2) is 18.2 Å². The van der Waals surface area contributed by atoms with Crippen molar-refractivity contribution in [3.8, 4) is 0 Å². The van der Waals surface area contributed by atoms with Crippen molar-refractivity contribution in [1.82, 2.24) is 5.32 Å². The molecule has 17 heavy (non-hydrogen) atoms. The van der Waals surface area contributed by atoms with Crippen molar-refractivity contribution >= 4 is 51.7 Å². The van der Waals surface area contributed by atoms with Gasteiger partial charge >= 0.3 is 0 Å². The van der Waals surface area contributed by atoms with Crippen molar-refractivity contribution in [1.29, 1.82) is 0 Å². The minimum absolute atomic E-state index is 0.0564. The van der Waals surface area contributed by atoms with E-state index in [9.17, 15) is 9.59 Å². The highest BCUT2D eigenvalue weighted by atomic mass is 127. The van der Waals surface area contributed by atoms with E-state index in [2.05, 4.69) is 27.9 Å². The third-order valence-electron chi connectivity index (χ3n) is 2.52. The van der Waals surface area contributed by atoms with Crippen LogP contribution in [-0.2, 0) is 9.59 Å². The minimum atomic E-state index is -0.484. The molecular weight excluding hydrogens is 354 g/mol. The molecule has 1 fully saturated rings. The Balaban J connectivity index is 2.38. The van der Waals surface area contributed by atoms with Crippen LogP contribution >= 0.6 is 34.2 Å². The Morgan fingerprint density at radius 2 is 2.18 bits per heavy atom. The molecule has 1 aromatic carbocycles. The van der Waals surface area contributed by atoms with Gasteiger partial charge in [-0.05, 0) is 47.7 Å². The number of hydrogen-bond acceptors (Lipinski definition) is 2. The van der Waals surface area contributed by atoms with E-state index in [4.69, 9.17) is 11.6 Å². The molecule has 6 heteroatoms. The van der Waals surface area contributed by atoms with E-state index >= 15 is 0 Å². The van der Waals surface area contributed by atoms with Crippen LogP contribution in [0.5, 0.6) is 0 Å². The molecule has 90 valence electrons. The van der Waals surface area contributed by atoms with E-state index in [0.717, 1.165) is 9.26 Å². The Hall–Kier alpha value is -0.820. The molecule has 1 aliphatic heterocycles. The van der Waals surface area contributed by atoms with Crippen molar-refractivity contribution in [2.45, 2.75) is 13.0 Å². The van der Waals surface area contributed by atoms with Gasteiger partial charge in [0.05, 0.1) is 5.69 Å². The van der Waals surface area contributed by atoms with Crippen molar-refractivity contribution in [2.75, 3.05) is 11.4 Å². The summed E-state index contributed by atoms with van der Waals surface area (Å²) in [6.07, 6.45) is 0. The van der Waals surface area contributed by atoms with Crippen LogP contribution in [-0.4, -0.2) is 24.4 Å². The van der Waals surface area contributed by atoms with Crippen LogP contribution in [0.3, 0.4) is 0 Å². The molecule has 1 aliphatic rings. The first-order valence-corrected chi connectivity index (χ1v) is 6.50. The Labute approximate surface area is 117 Å². The van der Waals surface area contributed by atoms with E-state index in [0.29, 0.717) is 5.02 Å². The van der Waals surface area contributed by atoms with Crippen LogP contribution in [0.4, 0.5) is 5.69 Å². The molecule has 1 aromatic rings. The topological polar surface area (TPSA) is 49.4 Å². The lowest BCUT2D eigenvalue weighted by Gasteiger charge is -2.31. The third-order valence-corrected chi connectivity index (χ3v) is 3.62. The second kappa shape index (κ2) is 4.81. The lowest BCUT2D eigenvalue weighted by atomic mass is 10.2. The molecule has 0 bridgehead atoms. The van der Waals surface area contributed by atoms with Gasteiger partial charge in [0.25, 0.3) is 0 Å². The number of hydrogen-bond donors (Lipinski definition) is 1. The second-order valence-corrected chi connectivity index (χ2v) is 5.41. The van der Waals surface area contributed by atoms with Crippen LogP contribution in [0.25, 0.3) is 0 Å². The van der Waals surface area contributed by atoms with E-state index in [1.807, 2.05) is 0 Å². The standard InChI is InChI=1S/C11H10ClIN2O2/c1-6-11(17)15(5-10(16)14-6)9-3-2-7(12)4-8(9)13/h2-4,6H,5H2,1H3,(H,14,16). The summed E-state index contributed by atoms with van der Waals surface area (Å²) in [6, 6.07) is 4.75. The summed E-state index contributed by atoms with van der Waals surface area (Å²) in [7, 11) is 0. The number of halogens is 2. The highest BCUT2D eigenvalue weighted by Gasteiger charge is 2.31. The van der Waals surface area contributed by atoms with E-state index < -0.39 is 6.04 Å². The molecule has 2 amide bonds. The van der Waals surface area contributed by atoms with Gasteiger partial charge in [0.15, 0.2) is 0 Å². The zero-order chi connectivity index (χ0) is 12.6. The summed E-state index contributed by atoms with van der Waals surface area (Å²) in [4.78, 5) is 24.9. The molecule has 0 aromatic heterocycles. The minimum Gasteiger partial charge on any atom is -0.343 e. The third kappa shape index (κ3) is 2.55. The smallest absolute Gasteiger partial charge is 0.249 e. The molecule has 0 aliphatic carbocycles. The van der Waals surface area contributed by atoms with E-state index in [1.165, 1.54) is 4.90 Å². The number of carbonyl (C=O) groups is 2. The number of nitrogens with zero attached hydrogens (tertiary/aromatic N) is 1. The van der Waals surface area contributed by atoms with Gasteiger partial charge in [-0.25, -0.2) is 0 Å². The van der Waals surface area contributed by atoms with Gasteiger partial charge in [0.2, 0.25) is 11.8 Å². The lowest BCUT2D eigenvalue weighted by Crippen LogP contribution is -2.57. The predicted octanol–water partition coefficient (Wildman–Crippen LogP) is 1.80. The number of piperazine rings is 1. The van der Waals surface area contributed by atoms with Gasteiger partial charge in [0.1, 0.15) is 12.6 Å². The summed E-state index contributed by atoms with van der Waals surface area (Å²) in [5.41, 5.74) is 0.724. The van der Waals surface area contributed by atoms with Crippen LogP contribution in [0.2, 0.25) is 5.02 Å². The molecule has 4 nitrogen and oxygen atoms in total. The Bertz CT molecular complexity index is 492. The van der Waals surface area contributed by atoms with Gasteiger partial charge < -0.3 is 10.2 Å². The number of nitrogens with one attached hydrogen (secondary N) is 1. The number of benzene rings is 1. The fraction of sp³-hybridized carbons (Fsp3) is 0.273. The predicted molar refractivity (Wildman–Crippen MR) is 74.1 cm³/mol. The molecule has 2 rings (SSSR count). The van der Waals surface area contributed by atoms with Crippen molar-refractivity contribution in [3.05, 3.63) is 26.8 Å². The zero-order valence-corrected chi connectivity index (χ0v) is 11.9. The monoisotopic (exact) mass is 364 g/mol. The lowest BCUT2D eigenvalue weighted by molar-refractivity contribution is -0.130. The average Bonchev–Trinajstić information content (AvgIpc) is 2.24. The zero-order valence-electron chi connectivity index (χ0n) is 9.04. The highest BCUT2D eigenvalue weighted by Crippen LogP contribution is 2.27. The van der Waals surface area contributed by atoms with Gasteiger partial charge in [-0.2, -0.15) is 0 Å².